The molecule has 3 nitrogen and oxygen atoms in total. The lowest BCUT2D eigenvalue weighted by atomic mass is 9.77. The van der Waals surface area contributed by atoms with Gasteiger partial charge in [0, 0.05) is 12.6 Å². The Balaban J connectivity index is 2.84. The normalized spacial score (nSPS) is 11.1. The van der Waals surface area contributed by atoms with Crippen molar-refractivity contribution in [3.8, 4) is 0 Å². The van der Waals surface area contributed by atoms with E-state index in [2.05, 4.69) is 18.7 Å². The van der Waals surface area contributed by atoms with Crippen molar-refractivity contribution in [3.63, 3.8) is 0 Å². The minimum Gasteiger partial charge on any atom is -0.423 e. The SMILES string of the molecule is CC(C)N(C)Cc1ccccc1B(O)O. The van der Waals surface area contributed by atoms with Gasteiger partial charge in [0.1, 0.15) is 0 Å². The zero-order valence-electron chi connectivity index (χ0n) is 9.51. The maximum atomic E-state index is 9.19. The molecule has 0 bridgehead atoms. The minimum atomic E-state index is -1.39. The lowest BCUT2D eigenvalue weighted by molar-refractivity contribution is 0.266. The molecule has 0 aliphatic heterocycles. The number of hydrogen-bond donors (Lipinski definition) is 2. The highest BCUT2D eigenvalue weighted by Crippen LogP contribution is 2.04. The van der Waals surface area contributed by atoms with Crippen molar-refractivity contribution in [1.29, 1.82) is 0 Å². The summed E-state index contributed by atoms with van der Waals surface area (Å²) in [6.07, 6.45) is 0. The van der Waals surface area contributed by atoms with Crippen LogP contribution in [0.5, 0.6) is 0 Å². The molecule has 4 heteroatoms. The lowest BCUT2D eigenvalue weighted by Gasteiger charge is -2.22. The van der Waals surface area contributed by atoms with E-state index in [0.717, 1.165) is 12.1 Å². The molecule has 1 rings (SSSR count). The number of rotatable bonds is 4. The zero-order chi connectivity index (χ0) is 11.4. The second kappa shape index (κ2) is 5.30. The van der Waals surface area contributed by atoms with E-state index >= 15 is 0 Å². The van der Waals surface area contributed by atoms with Crippen molar-refractivity contribution < 1.29 is 10.0 Å². The standard InChI is InChI=1S/C11H18BNO2/c1-9(2)13(3)8-10-6-4-5-7-11(10)12(14)15/h4-7,9,14-15H,8H2,1-3H3. The molecule has 0 unspecified atom stereocenters. The molecule has 0 atom stereocenters. The molecule has 0 aliphatic rings. The molecule has 82 valence electrons. The Bertz CT molecular complexity index is 315. The lowest BCUT2D eigenvalue weighted by Crippen LogP contribution is -2.36. The maximum Gasteiger partial charge on any atom is 0.488 e. The molecular weight excluding hydrogens is 189 g/mol. The number of nitrogens with zero attached hydrogens (tertiary/aromatic N) is 1. The fourth-order valence-corrected chi connectivity index (χ4v) is 1.38. The van der Waals surface area contributed by atoms with Gasteiger partial charge in [0.2, 0.25) is 0 Å². The smallest absolute Gasteiger partial charge is 0.423 e. The van der Waals surface area contributed by atoms with Crippen LogP contribution in [-0.4, -0.2) is 35.2 Å². The predicted molar refractivity (Wildman–Crippen MR) is 62.9 cm³/mol. The van der Waals surface area contributed by atoms with Gasteiger partial charge >= 0.3 is 7.12 Å². The second-order valence-corrected chi connectivity index (χ2v) is 4.08. The molecule has 0 heterocycles. The van der Waals surface area contributed by atoms with Crippen LogP contribution in [-0.2, 0) is 6.54 Å². The Morgan fingerprint density at radius 2 is 1.87 bits per heavy atom. The average Bonchev–Trinajstić information content (AvgIpc) is 2.18. The van der Waals surface area contributed by atoms with E-state index in [4.69, 9.17) is 0 Å². The van der Waals surface area contributed by atoms with Crippen LogP contribution in [0.4, 0.5) is 0 Å². The van der Waals surface area contributed by atoms with E-state index in [-0.39, 0.29) is 0 Å². The van der Waals surface area contributed by atoms with E-state index in [1.807, 2.05) is 25.2 Å². The first-order valence-electron chi connectivity index (χ1n) is 5.16. The number of hydrogen-bond acceptors (Lipinski definition) is 3. The minimum absolute atomic E-state index is 0.439. The fraction of sp³-hybridized carbons (Fsp3) is 0.455. The summed E-state index contributed by atoms with van der Waals surface area (Å²) in [5.74, 6) is 0. The summed E-state index contributed by atoms with van der Waals surface area (Å²) < 4.78 is 0. The molecule has 0 saturated carbocycles. The summed E-state index contributed by atoms with van der Waals surface area (Å²) in [5, 5.41) is 18.4. The predicted octanol–water partition coefficient (Wildman–Crippen LogP) is 0.207. The van der Waals surface area contributed by atoms with E-state index in [9.17, 15) is 10.0 Å². The molecule has 15 heavy (non-hydrogen) atoms. The van der Waals surface area contributed by atoms with E-state index in [0.29, 0.717) is 11.5 Å². The Morgan fingerprint density at radius 1 is 1.27 bits per heavy atom. The highest BCUT2D eigenvalue weighted by atomic mass is 16.4. The third-order valence-electron chi connectivity index (χ3n) is 2.63. The molecule has 0 aromatic heterocycles. The van der Waals surface area contributed by atoms with Crippen LogP contribution in [0.3, 0.4) is 0 Å². The summed E-state index contributed by atoms with van der Waals surface area (Å²) in [7, 11) is 0.632. The van der Waals surface area contributed by atoms with Crippen molar-refractivity contribution in [2.75, 3.05) is 7.05 Å². The summed E-state index contributed by atoms with van der Waals surface area (Å²) >= 11 is 0. The van der Waals surface area contributed by atoms with Crippen molar-refractivity contribution in [2.24, 2.45) is 0 Å². The zero-order valence-corrected chi connectivity index (χ0v) is 9.51. The Morgan fingerprint density at radius 3 is 2.40 bits per heavy atom. The molecule has 0 amide bonds. The van der Waals surface area contributed by atoms with Gasteiger partial charge in [-0.2, -0.15) is 0 Å². The van der Waals surface area contributed by atoms with Gasteiger partial charge < -0.3 is 10.0 Å². The van der Waals surface area contributed by atoms with E-state index in [1.165, 1.54) is 0 Å². The van der Waals surface area contributed by atoms with Gasteiger partial charge in [-0.05, 0) is 31.9 Å². The third kappa shape index (κ3) is 3.34. The summed E-state index contributed by atoms with van der Waals surface area (Å²) in [4.78, 5) is 2.15. The molecule has 0 aliphatic carbocycles. The van der Waals surface area contributed by atoms with Crippen LogP contribution in [0.15, 0.2) is 24.3 Å². The third-order valence-corrected chi connectivity index (χ3v) is 2.63. The van der Waals surface area contributed by atoms with Crippen LogP contribution in [0.2, 0.25) is 0 Å². The van der Waals surface area contributed by atoms with E-state index < -0.39 is 7.12 Å². The van der Waals surface area contributed by atoms with Crippen LogP contribution in [0.25, 0.3) is 0 Å². The molecule has 0 saturated heterocycles. The maximum absolute atomic E-state index is 9.19. The van der Waals surface area contributed by atoms with Crippen LogP contribution >= 0.6 is 0 Å². The number of benzene rings is 1. The molecule has 0 spiro atoms. The molecule has 0 radical (unpaired) electrons. The highest BCUT2D eigenvalue weighted by Gasteiger charge is 2.16. The van der Waals surface area contributed by atoms with Gasteiger partial charge in [-0.15, -0.1) is 0 Å². The molecule has 1 aromatic rings. The van der Waals surface area contributed by atoms with Gasteiger partial charge in [-0.1, -0.05) is 24.3 Å². The van der Waals surface area contributed by atoms with Gasteiger partial charge in [-0.3, -0.25) is 4.90 Å². The van der Waals surface area contributed by atoms with Gasteiger partial charge in [0.05, 0.1) is 0 Å². The van der Waals surface area contributed by atoms with Crippen LogP contribution < -0.4 is 5.46 Å². The second-order valence-electron chi connectivity index (χ2n) is 4.08. The van der Waals surface area contributed by atoms with Crippen molar-refractivity contribution in [3.05, 3.63) is 29.8 Å². The summed E-state index contributed by atoms with van der Waals surface area (Å²) in [5.41, 5.74) is 1.55. The van der Waals surface area contributed by atoms with Crippen molar-refractivity contribution >= 4 is 12.6 Å². The van der Waals surface area contributed by atoms with Crippen LogP contribution in [0.1, 0.15) is 19.4 Å². The highest BCUT2D eigenvalue weighted by molar-refractivity contribution is 6.59. The Kier molecular flexibility index (Phi) is 4.33. The average molecular weight is 207 g/mol. The Hall–Kier alpha value is -0.835. The molecular formula is C11H18BNO2. The van der Waals surface area contributed by atoms with E-state index in [1.54, 1.807) is 6.07 Å². The molecule has 1 aromatic carbocycles. The Labute approximate surface area is 91.5 Å². The monoisotopic (exact) mass is 207 g/mol. The quantitative estimate of drug-likeness (QED) is 0.693. The first kappa shape index (κ1) is 12.2. The first-order chi connectivity index (χ1) is 7.02. The fourth-order valence-electron chi connectivity index (χ4n) is 1.38. The van der Waals surface area contributed by atoms with Crippen LogP contribution in [0, 0.1) is 0 Å². The van der Waals surface area contributed by atoms with Crippen molar-refractivity contribution in [1.82, 2.24) is 4.90 Å². The summed E-state index contributed by atoms with van der Waals surface area (Å²) in [6.45, 7) is 4.95. The van der Waals surface area contributed by atoms with Gasteiger partial charge in [0.25, 0.3) is 0 Å². The topological polar surface area (TPSA) is 43.7 Å². The van der Waals surface area contributed by atoms with Gasteiger partial charge in [0.15, 0.2) is 0 Å². The summed E-state index contributed by atoms with van der Waals surface area (Å²) in [6, 6.07) is 7.83. The first-order valence-corrected chi connectivity index (χ1v) is 5.16. The molecule has 2 N–H and O–H groups in total. The van der Waals surface area contributed by atoms with Gasteiger partial charge in [-0.25, -0.2) is 0 Å². The largest absolute Gasteiger partial charge is 0.488 e. The van der Waals surface area contributed by atoms with Crippen molar-refractivity contribution in [2.45, 2.75) is 26.4 Å². The molecule has 0 fully saturated rings.